The van der Waals surface area contributed by atoms with Crippen LogP contribution in [0.4, 0.5) is 10.1 Å². The van der Waals surface area contributed by atoms with E-state index in [1.165, 1.54) is 29.2 Å². The number of benzene rings is 1. The van der Waals surface area contributed by atoms with Crippen LogP contribution in [0.15, 0.2) is 24.5 Å². The maximum Gasteiger partial charge on any atom is 0.224 e. The van der Waals surface area contributed by atoms with E-state index in [0.717, 1.165) is 0 Å². The summed E-state index contributed by atoms with van der Waals surface area (Å²) in [5.74, 6) is -0.800. The van der Waals surface area contributed by atoms with E-state index >= 15 is 0 Å². The Morgan fingerprint density at radius 2 is 2.35 bits per heavy atom. The molecule has 0 aliphatic carbocycles. The van der Waals surface area contributed by atoms with Crippen molar-refractivity contribution in [1.29, 1.82) is 0 Å². The van der Waals surface area contributed by atoms with Gasteiger partial charge in [-0.3, -0.25) is 4.79 Å². The second kappa shape index (κ2) is 6.20. The van der Waals surface area contributed by atoms with Crippen LogP contribution in [0.2, 0.25) is 0 Å². The second-order valence-electron chi connectivity index (χ2n) is 4.48. The minimum absolute atomic E-state index is 0.0712. The summed E-state index contributed by atoms with van der Waals surface area (Å²) in [5.41, 5.74) is 6.22. The van der Waals surface area contributed by atoms with Crippen molar-refractivity contribution in [3.63, 3.8) is 0 Å². The molecule has 106 valence electrons. The van der Waals surface area contributed by atoms with Crippen LogP contribution in [0, 0.1) is 5.82 Å². The number of carbonyl (C=O) groups is 1. The Morgan fingerprint density at radius 3 is 3.00 bits per heavy atom. The number of amides is 1. The number of carbonyl (C=O) groups excluding carboxylic acids is 1. The summed E-state index contributed by atoms with van der Waals surface area (Å²) >= 11 is 0. The van der Waals surface area contributed by atoms with Gasteiger partial charge in [0.15, 0.2) is 0 Å². The summed E-state index contributed by atoms with van der Waals surface area (Å²) in [5, 5.41) is 13.2. The predicted octanol–water partition coefficient (Wildman–Crippen LogP) is 0.867. The van der Waals surface area contributed by atoms with Crippen molar-refractivity contribution in [2.75, 3.05) is 5.32 Å². The van der Waals surface area contributed by atoms with Gasteiger partial charge in [-0.15, -0.1) is 5.10 Å². The average Bonchev–Trinajstić information content (AvgIpc) is 2.93. The fraction of sp³-hybridized carbons (Fsp3) is 0.333. The zero-order chi connectivity index (χ0) is 14.5. The van der Waals surface area contributed by atoms with E-state index < -0.39 is 5.82 Å². The lowest BCUT2D eigenvalue weighted by Gasteiger charge is -2.09. The van der Waals surface area contributed by atoms with E-state index in [0.29, 0.717) is 12.1 Å². The molecule has 0 radical (unpaired) electrons. The number of hydrogen-bond donors (Lipinski definition) is 2. The molecule has 20 heavy (non-hydrogen) atoms. The fourth-order valence-corrected chi connectivity index (χ4v) is 1.60. The number of halogens is 1. The lowest BCUT2D eigenvalue weighted by atomic mass is 10.2. The summed E-state index contributed by atoms with van der Waals surface area (Å²) in [4.78, 5) is 11.7. The highest BCUT2D eigenvalue weighted by molar-refractivity contribution is 5.91. The maximum absolute atomic E-state index is 13.7. The first-order chi connectivity index (χ1) is 9.56. The molecule has 1 atom stereocenters. The van der Waals surface area contributed by atoms with Crippen LogP contribution in [-0.4, -0.2) is 32.2 Å². The lowest BCUT2D eigenvalue weighted by molar-refractivity contribution is -0.116. The third kappa shape index (κ3) is 3.58. The molecule has 0 aliphatic heterocycles. The van der Waals surface area contributed by atoms with Gasteiger partial charge in [-0.05, 0) is 42.0 Å². The molecule has 0 bridgehead atoms. The highest BCUT2D eigenvalue weighted by Gasteiger charge is 2.10. The Hall–Kier alpha value is -2.35. The summed E-state index contributed by atoms with van der Waals surface area (Å²) in [7, 11) is 0. The van der Waals surface area contributed by atoms with Gasteiger partial charge in [0.25, 0.3) is 0 Å². The minimum Gasteiger partial charge on any atom is -0.328 e. The third-order valence-electron chi connectivity index (χ3n) is 2.66. The molecule has 1 amide bonds. The summed E-state index contributed by atoms with van der Waals surface area (Å²) < 4.78 is 15.0. The fourth-order valence-electron chi connectivity index (χ4n) is 1.60. The molecule has 3 N–H and O–H groups in total. The number of hydrogen-bond acceptors (Lipinski definition) is 5. The van der Waals surface area contributed by atoms with Crippen LogP contribution in [0.3, 0.4) is 0 Å². The highest BCUT2D eigenvalue weighted by atomic mass is 19.1. The smallest absolute Gasteiger partial charge is 0.224 e. The van der Waals surface area contributed by atoms with Crippen LogP contribution in [0.25, 0.3) is 5.69 Å². The summed E-state index contributed by atoms with van der Waals surface area (Å²) in [6.45, 7) is 1.81. The highest BCUT2D eigenvalue weighted by Crippen LogP contribution is 2.18. The van der Waals surface area contributed by atoms with Gasteiger partial charge in [0.05, 0.1) is 11.4 Å². The van der Waals surface area contributed by atoms with E-state index in [1.807, 2.05) is 6.92 Å². The molecular weight excluding hydrogens is 263 g/mol. The van der Waals surface area contributed by atoms with E-state index in [4.69, 9.17) is 5.73 Å². The van der Waals surface area contributed by atoms with E-state index in [2.05, 4.69) is 20.8 Å². The van der Waals surface area contributed by atoms with Crippen LogP contribution in [0.5, 0.6) is 0 Å². The molecule has 1 unspecified atom stereocenters. The van der Waals surface area contributed by atoms with E-state index in [1.54, 1.807) is 0 Å². The number of nitrogens with two attached hydrogens (primary N) is 1. The van der Waals surface area contributed by atoms with Crippen LogP contribution < -0.4 is 11.1 Å². The molecule has 0 aliphatic rings. The Bertz CT molecular complexity index is 584. The molecule has 1 heterocycles. The summed E-state index contributed by atoms with van der Waals surface area (Å²) in [6, 6.07) is 4.16. The average molecular weight is 278 g/mol. The number of tetrazole rings is 1. The molecular formula is C12H15FN6O. The van der Waals surface area contributed by atoms with E-state index in [9.17, 15) is 9.18 Å². The minimum atomic E-state index is -0.518. The first kappa shape index (κ1) is 14.1. The molecule has 0 spiro atoms. The molecule has 0 saturated heterocycles. The Balaban J connectivity index is 2.11. The number of rotatable bonds is 5. The number of anilines is 1. The number of aromatic nitrogens is 4. The Kier molecular flexibility index (Phi) is 4.36. The molecule has 0 fully saturated rings. The van der Waals surface area contributed by atoms with Gasteiger partial charge < -0.3 is 11.1 Å². The molecule has 2 rings (SSSR count). The Labute approximate surface area is 115 Å². The van der Waals surface area contributed by atoms with Gasteiger partial charge in [-0.1, -0.05) is 0 Å². The van der Waals surface area contributed by atoms with Crippen molar-refractivity contribution in [2.24, 2.45) is 5.73 Å². The SMILES string of the molecule is CC(N)CCC(=O)Nc1cc(-n2cnnn2)ccc1F. The van der Waals surface area contributed by atoms with Gasteiger partial charge in [0, 0.05) is 12.5 Å². The first-order valence-electron chi connectivity index (χ1n) is 6.14. The van der Waals surface area contributed by atoms with Gasteiger partial charge >= 0.3 is 0 Å². The van der Waals surface area contributed by atoms with Crippen molar-refractivity contribution in [3.8, 4) is 5.69 Å². The normalized spacial score (nSPS) is 12.2. The molecule has 2 aromatic rings. The quantitative estimate of drug-likeness (QED) is 0.845. The molecule has 1 aromatic carbocycles. The largest absolute Gasteiger partial charge is 0.328 e. The monoisotopic (exact) mass is 278 g/mol. The van der Waals surface area contributed by atoms with Crippen LogP contribution in [-0.2, 0) is 4.79 Å². The standard InChI is InChI=1S/C12H15FN6O/c1-8(14)2-5-12(20)16-11-6-9(3-4-10(11)13)19-7-15-17-18-19/h3-4,6-8H,2,5,14H2,1H3,(H,16,20). The van der Waals surface area contributed by atoms with Crippen molar-refractivity contribution >= 4 is 11.6 Å². The van der Waals surface area contributed by atoms with Crippen molar-refractivity contribution in [3.05, 3.63) is 30.3 Å². The summed E-state index contributed by atoms with van der Waals surface area (Å²) in [6.07, 6.45) is 2.17. The zero-order valence-electron chi connectivity index (χ0n) is 11.0. The van der Waals surface area contributed by atoms with Gasteiger partial charge in [0.2, 0.25) is 5.91 Å². The maximum atomic E-state index is 13.7. The molecule has 1 aromatic heterocycles. The Morgan fingerprint density at radius 1 is 1.55 bits per heavy atom. The second-order valence-corrected chi connectivity index (χ2v) is 4.48. The molecule has 8 heteroatoms. The van der Waals surface area contributed by atoms with Crippen molar-refractivity contribution in [2.45, 2.75) is 25.8 Å². The topological polar surface area (TPSA) is 98.7 Å². The molecule has 7 nitrogen and oxygen atoms in total. The van der Waals surface area contributed by atoms with Gasteiger partial charge in [0.1, 0.15) is 12.1 Å². The van der Waals surface area contributed by atoms with Gasteiger partial charge in [-0.2, -0.15) is 0 Å². The van der Waals surface area contributed by atoms with Gasteiger partial charge in [-0.25, -0.2) is 9.07 Å². The van der Waals surface area contributed by atoms with Crippen molar-refractivity contribution < 1.29 is 9.18 Å². The predicted molar refractivity (Wildman–Crippen MR) is 70.6 cm³/mol. The van der Waals surface area contributed by atoms with Crippen LogP contribution in [0.1, 0.15) is 19.8 Å². The van der Waals surface area contributed by atoms with E-state index in [-0.39, 0.29) is 24.1 Å². The molecule has 0 saturated carbocycles. The number of nitrogens with one attached hydrogen (secondary N) is 1. The zero-order valence-corrected chi connectivity index (χ0v) is 11.0. The first-order valence-corrected chi connectivity index (χ1v) is 6.14. The van der Waals surface area contributed by atoms with Crippen molar-refractivity contribution in [1.82, 2.24) is 20.2 Å². The third-order valence-corrected chi connectivity index (χ3v) is 2.66. The van der Waals surface area contributed by atoms with Crippen LogP contribution >= 0.6 is 0 Å². The number of nitrogens with zero attached hydrogens (tertiary/aromatic N) is 4. The lowest BCUT2D eigenvalue weighted by Crippen LogP contribution is -2.20.